The summed E-state index contributed by atoms with van der Waals surface area (Å²) in [5, 5.41) is 5.11. The quantitative estimate of drug-likeness (QED) is 0.468. The normalized spacial score (nSPS) is 14.8. The van der Waals surface area contributed by atoms with Crippen LogP contribution >= 0.6 is 0 Å². The number of hydrogen-bond donors (Lipinski definition) is 1. The van der Waals surface area contributed by atoms with E-state index in [1.165, 1.54) is 18.2 Å². The second kappa shape index (κ2) is 8.89. The molecule has 0 atom stereocenters. The highest BCUT2D eigenvalue weighted by Crippen LogP contribution is 2.24. The zero-order valence-corrected chi connectivity index (χ0v) is 17.5. The molecule has 8 heteroatoms. The number of primary sulfonamides is 1. The van der Waals surface area contributed by atoms with Gasteiger partial charge in [0.2, 0.25) is 10.0 Å². The van der Waals surface area contributed by atoms with Gasteiger partial charge in [0.15, 0.2) is 5.78 Å². The van der Waals surface area contributed by atoms with E-state index < -0.39 is 10.0 Å². The number of furan rings is 1. The summed E-state index contributed by atoms with van der Waals surface area (Å²) in [6, 6.07) is 17.1. The van der Waals surface area contributed by atoms with E-state index in [9.17, 15) is 13.2 Å². The summed E-state index contributed by atoms with van der Waals surface area (Å²) >= 11 is 0. The molecule has 0 radical (unpaired) electrons. The van der Waals surface area contributed by atoms with Crippen LogP contribution in [0.3, 0.4) is 0 Å². The Morgan fingerprint density at radius 2 is 1.61 bits per heavy atom. The van der Waals surface area contributed by atoms with Gasteiger partial charge in [0.1, 0.15) is 11.5 Å². The molecule has 1 fully saturated rings. The molecule has 1 aliphatic rings. The van der Waals surface area contributed by atoms with Crippen molar-refractivity contribution in [1.82, 2.24) is 0 Å². The molecule has 2 aromatic carbocycles. The Morgan fingerprint density at radius 1 is 0.935 bits per heavy atom. The molecular weight excluding hydrogens is 416 g/mol. The second-order valence-electron chi connectivity index (χ2n) is 7.12. The lowest BCUT2D eigenvalue weighted by molar-refractivity contribution is 0.104. The average Bonchev–Trinajstić information content (AvgIpc) is 3.27. The minimum Gasteiger partial charge on any atom is -0.457 e. The van der Waals surface area contributed by atoms with Gasteiger partial charge in [-0.1, -0.05) is 0 Å². The number of nitrogens with zero attached hydrogens (tertiary/aromatic N) is 1. The molecule has 0 aliphatic carbocycles. The van der Waals surface area contributed by atoms with Crippen LogP contribution in [0.4, 0.5) is 5.69 Å². The fraction of sp³-hybridized carbons (Fsp3) is 0.174. The van der Waals surface area contributed by atoms with Crippen LogP contribution in [0, 0.1) is 0 Å². The van der Waals surface area contributed by atoms with Crippen LogP contribution in [0.15, 0.2) is 76.1 Å². The van der Waals surface area contributed by atoms with E-state index >= 15 is 0 Å². The van der Waals surface area contributed by atoms with Gasteiger partial charge in [-0.2, -0.15) is 0 Å². The lowest BCUT2D eigenvalue weighted by Gasteiger charge is -2.28. The first kappa shape index (κ1) is 21.0. The van der Waals surface area contributed by atoms with Gasteiger partial charge >= 0.3 is 0 Å². The molecule has 3 aromatic rings. The van der Waals surface area contributed by atoms with Crippen LogP contribution in [-0.4, -0.2) is 40.5 Å². The highest BCUT2D eigenvalue weighted by atomic mass is 32.2. The summed E-state index contributed by atoms with van der Waals surface area (Å²) in [6.45, 7) is 3.12. The zero-order chi connectivity index (χ0) is 21.8. The van der Waals surface area contributed by atoms with Crippen molar-refractivity contribution in [3.63, 3.8) is 0 Å². The molecule has 0 saturated carbocycles. The maximum Gasteiger partial charge on any atom is 0.238 e. The summed E-state index contributed by atoms with van der Waals surface area (Å²) in [5.41, 5.74) is 2.38. The first-order valence-corrected chi connectivity index (χ1v) is 11.3. The van der Waals surface area contributed by atoms with E-state index in [0.717, 1.165) is 18.8 Å². The Hall–Kier alpha value is -3.20. The number of carbonyl (C=O) groups is 1. The van der Waals surface area contributed by atoms with Gasteiger partial charge in [-0.15, -0.1) is 0 Å². The molecule has 7 nitrogen and oxygen atoms in total. The smallest absolute Gasteiger partial charge is 0.238 e. The van der Waals surface area contributed by atoms with Gasteiger partial charge in [0.25, 0.3) is 0 Å². The van der Waals surface area contributed by atoms with E-state index in [0.29, 0.717) is 35.9 Å². The molecule has 4 rings (SSSR count). The Bertz CT molecular complexity index is 1190. The average molecular weight is 439 g/mol. The van der Waals surface area contributed by atoms with Crippen molar-refractivity contribution in [3.8, 4) is 11.3 Å². The topological polar surface area (TPSA) is 103 Å². The van der Waals surface area contributed by atoms with Gasteiger partial charge in [0.05, 0.1) is 18.1 Å². The summed E-state index contributed by atoms with van der Waals surface area (Å²) in [7, 11) is -3.74. The second-order valence-corrected chi connectivity index (χ2v) is 8.68. The van der Waals surface area contributed by atoms with Crippen molar-refractivity contribution >= 4 is 27.6 Å². The van der Waals surface area contributed by atoms with Crippen LogP contribution in [0.2, 0.25) is 0 Å². The number of rotatable bonds is 6. The number of benzene rings is 2. The highest BCUT2D eigenvalue weighted by Gasteiger charge is 2.12. The molecule has 31 heavy (non-hydrogen) atoms. The molecule has 2 heterocycles. The van der Waals surface area contributed by atoms with E-state index in [-0.39, 0.29) is 10.7 Å². The molecule has 0 bridgehead atoms. The van der Waals surface area contributed by atoms with Crippen molar-refractivity contribution in [2.75, 3.05) is 31.2 Å². The molecule has 2 N–H and O–H groups in total. The standard InChI is InChI=1S/C23H22N2O5S/c24-31(27,28)21-9-3-18(4-10-21)23-12-8-20(30-23)7-11-22(26)17-1-5-19(6-2-17)25-13-15-29-16-14-25/h1-12H,13-16H2,(H2,24,27,28)/b11-7+. The number of hydrogen-bond acceptors (Lipinski definition) is 6. The number of anilines is 1. The van der Waals surface area contributed by atoms with Gasteiger partial charge in [-0.3, -0.25) is 4.79 Å². The number of allylic oxidation sites excluding steroid dienone is 1. The Morgan fingerprint density at radius 3 is 2.26 bits per heavy atom. The number of carbonyl (C=O) groups excluding carboxylic acids is 1. The highest BCUT2D eigenvalue weighted by molar-refractivity contribution is 7.89. The number of ketones is 1. The van der Waals surface area contributed by atoms with Crippen molar-refractivity contribution < 1.29 is 22.4 Å². The fourth-order valence-corrected chi connectivity index (χ4v) is 3.83. The van der Waals surface area contributed by atoms with Gasteiger partial charge in [-0.25, -0.2) is 13.6 Å². The summed E-state index contributed by atoms with van der Waals surface area (Å²) in [5.74, 6) is 0.954. The molecule has 1 saturated heterocycles. The molecular formula is C23H22N2O5S. The third kappa shape index (κ3) is 5.11. The van der Waals surface area contributed by atoms with Crippen LogP contribution in [0.25, 0.3) is 17.4 Å². The van der Waals surface area contributed by atoms with Gasteiger partial charge in [0, 0.05) is 29.9 Å². The van der Waals surface area contributed by atoms with Crippen LogP contribution < -0.4 is 10.0 Å². The molecule has 0 spiro atoms. The van der Waals surface area contributed by atoms with Crippen molar-refractivity contribution in [2.24, 2.45) is 5.14 Å². The summed E-state index contributed by atoms with van der Waals surface area (Å²) in [4.78, 5) is 14.7. The number of morpholine rings is 1. The lowest BCUT2D eigenvalue weighted by atomic mass is 10.1. The van der Waals surface area contributed by atoms with E-state index in [4.69, 9.17) is 14.3 Å². The first-order valence-electron chi connectivity index (χ1n) is 9.78. The van der Waals surface area contributed by atoms with Crippen LogP contribution in [0.5, 0.6) is 0 Å². The van der Waals surface area contributed by atoms with Crippen LogP contribution in [0.1, 0.15) is 16.1 Å². The van der Waals surface area contributed by atoms with Gasteiger partial charge in [-0.05, 0) is 72.8 Å². The largest absolute Gasteiger partial charge is 0.457 e. The molecule has 160 valence electrons. The van der Waals surface area contributed by atoms with E-state index in [1.54, 1.807) is 30.3 Å². The zero-order valence-electron chi connectivity index (χ0n) is 16.7. The first-order chi connectivity index (χ1) is 14.9. The number of nitrogens with two attached hydrogens (primary N) is 1. The number of sulfonamides is 1. The Labute approximate surface area is 180 Å². The Kier molecular flexibility index (Phi) is 6.03. The molecule has 1 aromatic heterocycles. The molecule has 0 unspecified atom stereocenters. The minimum absolute atomic E-state index is 0.0353. The minimum atomic E-state index is -3.74. The van der Waals surface area contributed by atoms with E-state index in [1.807, 2.05) is 24.3 Å². The van der Waals surface area contributed by atoms with Crippen molar-refractivity contribution in [1.29, 1.82) is 0 Å². The predicted octanol–water partition coefficient (Wildman–Crippen LogP) is 3.33. The summed E-state index contributed by atoms with van der Waals surface area (Å²) < 4.78 is 33.8. The fourth-order valence-electron chi connectivity index (χ4n) is 3.32. The molecule has 0 amide bonds. The molecule has 1 aliphatic heterocycles. The summed E-state index contributed by atoms with van der Waals surface area (Å²) in [6.07, 6.45) is 3.08. The van der Waals surface area contributed by atoms with Gasteiger partial charge < -0.3 is 14.1 Å². The third-order valence-electron chi connectivity index (χ3n) is 5.02. The lowest BCUT2D eigenvalue weighted by Crippen LogP contribution is -2.36. The SMILES string of the molecule is NS(=O)(=O)c1ccc(-c2ccc(/C=C/C(=O)c3ccc(N4CCOCC4)cc3)o2)cc1. The van der Waals surface area contributed by atoms with Crippen molar-refractivity contribution in [3.05, 3.63) is 78.1 Å². The van der Waals surface area contributed by atoms with Crippen molar-refractivity contribution in [2.45, 2.75) is 4.90 Å². The maximum atomic E-state index is 12.5. The third-order valence-corrected chi connectivity index (χ3v) is 5.95. The maximum absolute atomic E-state index is 12.5. The monoisotopic (exact) mass is 438 g/mol. The van der Waals surface area contributed by atoms with E-state index in [2.05, 4.69) is 4.90 Å². The predicted molar refractivity (Wildman–Crippen MR) is 118 cm³/mol. The Balaban J connectivity index is 1.42. The van der Waals surface area contributed by atoms with Crippen LogP contribution in [-0.2, 0) is 14.8 Å². The number of ether oxygens (including phenoxy) is 1.